The number of phenols is 1. The highest BCUT2D eigenvalue weighted by molar-refractivity contribution is 9.09. The molecular formula is C16H16BrNO2. The number of halogens is 1. The van der Waals surface area contributed by atoms with Crippen molar-refractivity contribution >= 4 is 27.5 Å². The Kier molecular flexibility index (Phi) is 4.45. The number of hydrogen-bond donors (Lipinski definition) is 2. The number of phenolic OH excluding ortho intramolecular Hbond substituents is 1. The van der Waals surface area contributed by atoms with Crippen molar-refractivity contribution in [1.29, 1.82) is 0 Å². The molecule has 0 aliphatic rings. The van der Waals surface area contributed by atoms with E-state index in [4.69, 9.17) is 0 Å². The van der Waals surface area contributed by atoms with Crippen LogP contribution in [0.15, 0.2) is 42.5 Å². The van der Waals surface area contributed by atoms with Crippen molar-refractivity contribution in [2.24, 2.45) is 0 Å². The van der Waals surface area contributed by atoms with E-state index in [2.05, 4.69) is 21.2 Å². The largest absolute Gasteiger partial charge is 0.507 e. The molecule has 0 aromatic heterocycles. The van der Waals surface area contributed by atoms with Crippen LogP contribution in [0.3, 0.4) is 0 Å². The number of nitrogens with one attached hydrogen (secondary N) is 1. The molecule has 2 N–H and O–H groups in total. The zero-order valence-corrected chi connectivity index (χ0v) is 12.9. The number of anilines is 1. The van der Waals surface area contributed by atoms with Gasteiger partial charge in [-0.05, 0) is 37.6 Å². The standard InChI is InChI=1S/C16H16BrNO2/c1-10-7-8-15(19)13(9-10)16(20)18-14-6-4-3-5-12(14)11(2)17/h3-9,11,19H,1-2H3,(H,18,20). The van der Waals surface area contributed by atoms with Gasteiger partial charge in [0.05, 0.1) is 5.56 Å². The molecule has 0 saturated heterocycles. The number of benzene rings is 2. The first-order valence-corrected chi connectivity index (χ1v) is 7.24. The highest BCUT2D eigenvalue weighted by atomic mass is 79.9. The molecule has 104 valence electrons. The van der Waals surface area contributed by atoms with E-state index in [1.165, 1.54) is 6.07 Å². The number of hydrogen-bond acceptors (Lipinski definition) is 2. The number of alkyl halides is 1. The third-order valence-corrected chi connectivity index (χ3v) is 3.53. The van der Waals surface area contributed by atoms with Gasteiger partial charge in [-0.2, -0.15) is 0 Å². The van der Waals surface area contributed by atoms with Gasteiger partial charge in [-0.1, -0.05) is 45.8 Å². The summed E-state index contributed by atoms with van der Waals surface area (Å²) in [6.07, 6.45) is 0. The van der Waals surface area contributed by atoms with Gasteiger partial charge < -0.3 is 10.4 Å². The molecule has 0 heterocycles. The van der Waals surface area contributed by atoms with Gasteiger partial charge in [0, 0.05) is 10.5 Å². The van der Waals surface area contributed by atoms with Crippen LogP contribution in [0.5, 0.6) is 5.75 Å². The summed E-state index contributed by atoms with van der Waals surface area (Å²) < 4.78 is 0. The molecule has 1 atom stereocenters. The Morgan fingerprint density at radius 2 is 1.95 bits per heavy atom. The van der Waals surface area contributed by atoms with Gasteiger partial charge in [0.2, 0.25) is 0 Å². The zero-order chi connectivity index (χ0) is 14.7. The van der Waals surface area contributed by atoms with Crippen LogP contribution in [0, 0.1) is 6.92 Å². The van der Waals surface area contributed by atoms with E-state index in [-0.39, 0.29) is 22.0 Å². The third kappa shape index (κ3) is 3.20. The van der Waals surface area contributed by atoms with Crippen LogP contribution in [-0.4, -0.2) is 11.0 Å². The van der Waals surface area contributed by atoms with Crippen LogP contribution in [0.2, 0.25) is 0 Å². The summed E-state index contributed by atoms with van der Waals surface area (Å²) in [5, 5.41) is 12.6. The van der Waals surface area contributed by atoms with Crippen LogP contribution in [0.1, 0.15) is 33.2 Å². The lowest BCUT2D eigenvalue weighted by Gasteiger charge is -2.13. The second-order valence-corrected chi connectivity index (χ2v) is 6.05. The Balaban J connectivity index is 2.31. The fourth-order valence-corrected chi connectivity index (χ4v) is 2.38. The summed E-state index contributed by atoms with van der Waals surface area (Å²) in [6, 6.07) is 12.6. The molecule has 20 heavy (non-hydrogen) atoms. The van der Waals surface area contributed by atoms with E-state index in [0.717, 1.165) is 16.8 Å². The number of aromatic hydroxyl groups is 1. The summed E-state index contributed by atoms with van der Waals surface area (Å²) >= 11 is 3.50. The zero-order valence-electron chi connectivity index (χ0n) is 11.4. The predicted molar refractivity (Wildman–Crippen MR) is 84.6 cm³/mol. The molecule has 4 heteroatoms. The van der Waals surface area contributed by atoms with E-state index < -0.39 is 0 Å². The smallest absolute Gasteiger partial charge is 0.259 e. The Bertz CT molecular complexity index is 638. The van der Waals surface area contributed by atoms with Gasteiger partial charge >= 0.3 is 0 Å². The van der Waals surface area contributed by atoms with E-state index in [0.29, 0.717) is 0 Å². The summed E-state index contributed by atoms with van der Waals surface area (Å²) in [7, 11) is 0. The van der Waals surface area contributed by atoms with Crippen molar-refractivity contribution in [3.05, 3.63) is 59.2 Å². The Hall–Kier alpha value is -1.81. The molecule has 2 rings (SSSR count). The van der Waals surface area contributed by atoms with Gasteiger partial charge in [0.25, 0.3) is 5.91 Å². The maximum atomic E-state index is 12.3. The van der Waals surface area contributed by atoms with Gasteiger partial charge in [-0.3, -0.25) is 4.79 Å². The van der Waals surface area contributed by atoms with Gasteiger partial charge in [0.1, 0.15) is 5.75 Å². The average molecular weight is 334 g/mol. The fourth-order valence-electron chi connectivity index (χ4n) is 1.98. The van der Waals surface area contributed by atoms with E-state index in [9.17, 15) is 9.90 Å². The van der Waals surface area contributed by atoms with Crippen molar-refractivity contribution in [2.45, 2.75) is 18.7 Å². The van der Waals surface area contributed by atoms with Gasteiger partial charge in [-0.25, -0.2) is 0 Å². The van der Waals surface area contributed by atoms with Crippen LogP contribution >= 0.6 is 15.9 Å². The first-order chi connectivity index (χ1) is 9.49. The molecule has 0 fully saturated rings. The molecule has 1 unspecified atom stereocenters. The lowest BCUT2D eigenvalue weighted by atomic mass is 10.1. The van der Waals surface area contributed by atoms with Crippen molar-refractivity contribution in [1.82, 2.24) is 0 Å². The lowest BCUT2D eigenvalue weighted by Crippen LogP contribution is -2.13. The van der Waals surface area contributed by atoms with E-state index in [1.807, 2.05) is 38.1 Å². The van der Waals surface area contributed by atoms with Crippen molar-refractivity contribution in [2.75, 3.05) is 5.32 Å². The first-order valence-electron chi connectivity index (χ1n) is 6.33. The van der Waals surface area contributed by atoms with Crippen LogP contribution in [0.4, 0.5) is 5.69 Å². The SMILES string of the molecule is Cc1ccc(O)c(C(=O)Nc2ccccc2C(C)Br)c1. The Morgan fingerprint density at radius 3 is 2.65 bits per heavy atom. The first kappa shape index (κ1) is 14.6. The fraction of sp³-hybridized carbons (Fsp3) is 0.188. The summed E-state index contributed by atoms with van der Waals surface area (Å²) in [4.78, 5) is 12.4. The molecule has 2 aromatic carbocycles. The Labute approximate surface area is 126 Å². The van der Waals surface area contributed by atoms with Gasteiger partial charge in [0.15, 0.2) is 0 Å². The molecule has 0 aliphatic carbocycles. The summed E-state index contributed by atoms with van der Waals surface area (Å²) in [6.45, 7) is 3.87. The van der Waals surface area contributed by atoms with Crippen LogP contribution in [0.25, 0.3) is 0 Å². The minimum absolute atomic E-state index is 0.0162. The monoisotopic (exact) mass is 333 g/mol. The molecular weight excluding hydrogens is 318 g/mol. The minimum atomic E-state index is -0.313. The Morgan fingerprint density at radius 1 is 1.25 bits per heavy atom. The lowest BCUT2D eigenvalue weighted by molar-refractivity contribution is 0.102. The second-order valence-electron chi connectivity index (χ2n) is 4.68. The summed E-state index contributed by atoms with van der Waals surface area (Å²) in [5.41, 5.74) is 2.94. The van der Waals surface area contributed by atoms with E-state index >= 15 is 0 Å². The molecule has 2 aromatic rings. The molecule has 0 bridgehead atoms. The molecule has 3 nitrogen and oxygen atoms in total. The molecule has 0 saturated carbocycles. The maximum absolute atomic E-state index is 12.3. The maximum Gasteiger partial charge on any atom is 0.259 e. The number of para-hydroxylation sites is 1. The van der Waals surface area contributed by atoms with Gasteiger partial charge in [-0.15, -0.1) is 0 Å². The average Bonchev–Trinajstić information content (AvgIpc) is 2.41. The van der Waals surface area contributed by atoms with Crippen LogP contribution < -0.4 is 5.32 Å². The normalized spacial score (nSPS) is 11.9. The summed E-state index contributed by atoms with van der Waals surface area (Å²) in [5.74, 6) is -0.329. The van der Waals surface area contributed by atoms with Crippen molar-refractivity contribution in [3.8, 4) is 5.75 Å². The van der Waals surface area contributed by atoms with Crippen molar-refractivity contribution < 1.29 is 9.90 Å². The van der Waals surface area contributed by atoms with E-state index in [1.54, 1.807) is 12.1 Å². The highest BCUT2D eigenvalue weighted by Crippen LogP contribution is 2.29. The number of rotatable bonds is 3. The minimum Gasteiger partial charge on any atom is -0.507 e. The van der Waals surface area contributed by atoms with Crippen LogP contribution in [-0.2, 0) is 0 Å². The quantitative estimate of drug-likeness (QED) is 0.817. The number of carbonyl (C=O) groups is 1. The molecule has 0 radical (unpaired) electrons. The third-order valence-electron chi connectivity index (χ3n) is 3.03. The predicted octanol–water partition coefficient (Wildman–Crippen LogP) is 4.41. The molecule has 0 aliphatic heterocycles. The number of amides is 1. The molecule has 1 amide bonds. The molecule has 0 spiro atoms. The number of carbonyl (C=O) groups excluding carboxylic acids is 1. The number of aryl methyl sites for hydroxylation is 1. The second kappa shape index (κ2) is 6.09. The topological polar surface area (TPSA) is 49.3 Å². The van der Waals surface area contributed by atoms with Crippen molar-refractivity contribution in [3.63, 3.8) is 0 Å². The highest BCUT2D eigenvalue weighted by Gasteiger charge is 2.14.